The molecule has 0 aliphatic heterocycles. The molecule has 1 heterocycles. The van der Waals surface area contributed by atoms with Crippen LogP contribution in [0.1, 0.15) is 34.4 Å². The molecule has 1 aromatic heterocycles. The quantitative estimate of drug-likeness (QED) is 0.797. The van der Waals surface area contributed by atoms with Crippen molar-refractivity contribution in [3.05, 3.63) is 83.0 Å². The molecule has 2 aromatic carbocycles. The Labute approximate surface area is 123 Å². The van der Waals surface area contributed by atoms with E-state index in [4.69, 9.17) is 10.3 Å². The van der Waals surface area contributed by atoms with Crippen molar-refractivity contribution in [1.82, 2.24) is 10.1 Å². The second-order valence-electron chi connectivity index (χ2n) is 5.10. The highest BCUT2D eigenvalue weighted by molar-refractivity contribution is 5.26. The van der Waals surface area contributed by atoms with Gasteiger partial charge in [0.1, 0.15) is 6.04 Å². The molecule has 0 fully saturated rings. The fraction of sp³-hybridized carbons (Fsp3) is 0.176. The number of benzene rings is 2. The molecular formula is C17H17N3O. The molecule has 0 spiro atoms. The van der Waals surface area contributed by atoms with E-state index in [1.165, 1.54) is 5.56 Å². The van der Waals surface area contributed by atoms with Gasteiger partial charge in [-0.3, -0.25) is 0 Å². The summed E-state index contributed by atoms with van der Waals surface area (Å²) in [6.45, 7) is 2.07. The van der Waals surface area contributed by atoms with E-state index in [-0.39, 0.29) is 6.04 Å². The Hall–Kier alpha value is -2.46. The maximum atomic E-state index is 6.15. The number of hydrogen-bond donors (Lipinski definition) is 1. The van der Waals surface area contributed by atoms with E-state index < -0.39 is 0 Å². The van der Waals surface area contributed by atoms with Gasteiger partial charge in [0, 0.05) is 6.42 Å². The van der Waals surface area contributed by atoms with Gasteiger partial charge < -0.3 is 10.3 Å². The molecule has 0 bridgehead atoms. The molecule has 0 aliphatic rings. The minimum absolute atomic E-state index is 0.384. The number of nitrogens with zero attached hydrogens (tertiary/aromatic N) is 2. The molecule has 4 heteroatoms. The van der Waals surface area contributed by atoms with Crippen molar-refractivity contribution < 1.29 is 4.52 Å². The first-order chi connectivity index (χ1) is 10.2. The summed E-state index contributed by atoms with van der Waals surface area (Å²) in [5.41, 5.74) is 9.49. The smallest absolute Gasteiger partial charge is 0.248 e. The highest BCUT2D eigenvalue weighted by atomic mass is 16.5. The average molecular weight is 279 g/mol. The lowest BCUT2D eigenvalue weighted by Crippen LogP contribution is -2.12. The first-order valence-electron chi connectivity index (χ1n) is 6.91. The molecule has 0 saturated carbocycles. The summed E-state index contributed by atoms with van der Waals surface area (Å²) in [7, 11) is 0. The maximum Gasteiger partial charge on any atom is 0.248 e. The first kappa shape index (κ1) is 13.5. The summed E-state index contributed by atoms with van der Waals surface area (Å²) in [4.78, 5) is 4.41. The monoisotopic (exact) mass is 279 g/mol. The van der Waals surface area contributed by atoms with Gasteiger partial charge in [-0.2, -0.15) is 4.98 Å². The normalized spacial score (nSPS) is 12.3. The molecule has 2 N–H and O–H groups in total. The van der Waals surface area contributed by atoms with Gasteiger partial charge >= 0.3 is 0 Å². The van der Waals surface area contributed by atoms with E-state index in [1.807, 2.05) is 36.4 Å². The van der Waals surface area contributed by atoms with Gasteiger partial charge in [-0.05, 0) is 18.1 Å². The van der Waals surface area contributed by atoms with Gasteiger partial charge in [-0.1, -0.05) is 65.3 Å². The molecule has 0 amide bonds. The van der Waals surface area contributed by atoms with Gasteiger partial charge in [0.05, 0.1) is 0 Å². The Kier molecular flexibility index (Phi) is 3.79. The number of hydrogen-bond acceptors (Lipinski definition) is 4. The molecule has 0 radical (unpaired) electrons. The van der Waals surface area contributed by atoms with Gasteiger partial charge in [0.2, 0.25) is 5.89 Å². The molecule has 1 atom stereocenters. The van der Waals surface area contributed by atoms with Gasteiger partial charge in [-0.25, -0.2) is 0 Å². The Morgan fingerprint density at radius 3 is 2.67 bits per heavy atom. The van der Waals surface area contributed by atoms with Gasteiger partial charge in [0.25, 0.3) is 0 Å². The lowest BCUT2D eigenvalue weighted by Gasteiger charge is -2.05. The summed E-state index contributed by atoms with van der Waals surface area (Å²) in [6, 6.07) is 17.6. The molecule has 106 valence electrons. The number of aryl methyl sites for hydroxylation is 1. The summed E-state index contributed by atoms with van der Waals surface area (Å²) in [5, 5.41) is 4.02. The van der Waals surface area contributed by atoms with E-state index in [1.54, 1.807) is 0 Å². The largest absolute Gasteiger partial charge is 0.337 e. The van der Waals surface area contributed by atoms with E-state index in [9.17, 15) is 0 Å². The van der Waals surface area contributed by atoms with Crippen LogP contribution in [0.25, 0.3) is 0 Å². The molecule has 0 saturated heterocycles. The third kappa shape index (κ3) is 3.17. The van der Waals surface area contributed by atoms with Crippen molar-refractivity contribution in [2.75, 3.05) is 0 Å². The van der Waals surface area contributed by atoms with Crippen LogP contribution in [0.2, 0.25) is 0 Å². The first-order valence-corrected chi connectivity index (χ1v) is 6.91. The van der Waals surface area contributed by atoms with Crippen molar-refractivity contribution in [3.8, 4) is 0 Å². The Morgan fingerprint density at radius 2 is 1.90 bits per heavy atom. The Morgan fingerprint density at radius 1 is 1.10 bits per heavy atom. The minimum atomic E-state index is -0.384. The number of nitrogens with two attached hydrogens (primary N) is 1. The molecule has 3 aromatic rings. The second-order valence-corrected chi connectivity index (χ2v) is 5.10. The molecule has 21 heavy (non-hydrogen) atoms. The molecule has 4 nitrogen and oxygen atoms in total. The Bertz CT molecular complexity index is 722. The van der Waals surface area contributed by atoms with Crippen LogP contribution in [0.15, 0.2) is 59.1 Å². The highest BCUT2D eigenvalue weighted by Gasteiger charge is 2.16. The fourth-order valence-corrected chi connectivity index (χ4v) is 2.27. The van der Waals surface area contributed by atoms with Crippen molar-refractivity contribution in [2.45, 2.75) is 19.4 Å². The second kappa shape index (κ2) is 5.89. The summed E-state index contributed by atoms with van der Waals surface area (Å²) < 4.78 is 5.30. The van der Waals surface area contributed by atoms with E-state index in [0.29, 0.717) is 18.1 Å². The predicted molar refractivity (Wildman–Crippen MR) is 80.8 cm³/mol. The van der Waals surface area contributed by atoms with Crippen molar-refractivity contribution in [2.24, 2.45) is 5.73 Å². The van der Waals surface area contributed by atoms with Crippen molar-refractivity contribution in [1.29, 1.82) is 0 Å². The Balaban J connectivity index is 1.77. The van der Waals surface area contributed by atoms with Crippen LogP contribution in [0.3, 0.4) is 0 Å². The third-order valence-corrected chi connectivity index (χ3v) is 3.35. The maximum absolute atomic E-state index is 6.15. The lowest BCUT2D eigenvalue weighted by atomic mass is 10.1. The average Bonchev–Trinajstić information content (AvgIpc) is 2.96. The zero-order chi connectivity index (χ0) is 14.7. The summed E-state index contributed by atoms with van der Waals surface area (Å²) in [6.07, 6.45) is 0.646. The zero-order valence-corrected chi connectivity index (χ0v) is 11.9. The predicted octanol–water partition coefficient (Wildman–Crippen LogP) is 3.02. The molecular weight excluding hydrogens is 262 g/mol. The van der Waals surface area contributed by atoms with Crippen LogP contribution in [0.5, 0.6) is 0 Å². The van der Waals surface area contributed by atoms with Crippen LogP contribution in [0.4, 0.5) is 0 Å². The van der Waals surface area contributed by atoms with Gasteiger partial charge in [-0.15, -0.1) is 0 Å². The SMILES string of the molecule is Cc1cccc(Cc2noc([C@@H](N)c3ccccc3)n2)c1. The van der Waals surface area contributed by atoms with E-state index >= 15 is 0 Å². The minimum Gasteiger partial charge on any atom is -0.337 e. The van der Waals surface area contributed by atoms with Crippen molar-refractivity contribution in [3.63, 3.8) is 0 Å². The van der Waals surface area contributed by atoms with Crippen LogP contribution in [0, 0.1) is 6.92 Å². The topological polar surface area (TPSA) is 64.9 Å². The summed E-state index contributed by atoms with van der Waals surface area (Å²) >= 11 is 0. The molecule has 0 unspecified atom stereocenters. The van der Waals surface area contributed by atoms with Crippen LogP contribution in [-0.4, -0.2) is 10.1 Å². The van der Waals surface area contributed by atoms with Gasteiger partial charge in [0.15, 0.2) is 5.82 Å². The zero-order valence-electron chi connectivity index (χ0n) is 11.9. The third-order valence-electron chi connectivity index (χ3n) is 3.35. The summed E-state index contributed by atoms with van der Waals surface area (Å²) in [5.74, 6) is 1.10. The lowest BCUT2D eigenvalue weighted by molar-refractivity contribution is 0.363. The van der Waals surface area contributed by atoms with Crippen molar-refractivity contribution >= 4 is 0 Å². The van der Waals surface area contributed by atoms with Crippen LogP contribution < -0.4 is 5.73 Å². The molecule has 3 rings (SSSR count). The number of aromatic nitrogens is 2. The van der Waals surface area contributed by atoms with Crippen LogP contribution >= 0.6 is 0 Å². The van der Waals surface area contributed by atoms with Crippen LogP contribution in [-0.2, 0) is 6.42 Å². The standard InChI is InChI=1S/C17H17N3O/c1-12-6-5-7-13(10-12)11-15-19-17(21-20-15)16(18)14-8-3-2-4-9-14/h2-10,16H,11,18H2,1H3/t16-/m0/s1. The van der Waals surface area contributed by atoms with E-state index in [0.717, 1.165) is 11.1 Å². The van der Waals surface area contributed by atoms with E-state index in [2.05, 4.69) is 35.3 Å². The highest BCUT2D eigenvalue weighted by Crippen LogP contribution is 2.18. The number of rotatable bonds is 4. The molecule has 0 aliphatic carbocycles. The fourth-order valence-electron chi connectivity index (χ4n) is 2.27.